The number of hydrogen-bond donors (Lipinski definition) is 1. The number of rotatable bonds is 4. The van der Waals surface area contributed by atoms with Crippen LogP contribution in [-0.2, 0) is 0 Å². The molecular weight excluding hydrogens is 326 g/mol. The Balaban J connectivity index is 1.77. The quantitative estimate of drug-likeness (QED) is 0.903. The SMILES string of the molecule is CC(C)c1ccccc1NC(=O)c1ccnc(C(=O)N2CCCCC2)c1. The average Bonchev–Trinajstić information content (AvgIpc) is 2.68. The highest BCUT2D eigenvalue weighted by Crippen LogP contribution is 2.24. The van der Waals surface area contributed by atoms with Gasteiger partial charge in [-0.05, 0) is 48.9 Å². The zero-order valence-corrected chi connectivity index (χ0v) is 15.4. The summed E-state index contributed by atoms with van der Waals surface area (Å²) in [6.45, 7) is 5.71. The third-order valence-corrected chi connectivity index (χ3v) is 4.72. The van der Waals surface area contributed by atoms with Crippen LogP contribution in [0.2, 0.25) is 0 Å². The van der Waals surface area contributed by atoms with Crippen LogP contribution in [0.15, 0.2) is 42.6 Å². The highest BCUT2D eigenvalue weighted by atomic mass is 16.2. The van der Waals surface area contributed by atoms with Gasteiger partial charge in [0.25, 0.3) is 11.8 Å². The van der Waals surface area contributed by atoms with E-state index in [-0.39, 0.29) is 11.8 Å². The molecule has 0 aliphatic carbocycles. The van der Waals surface area contributed by atoms with E-state index in [9.17, 15) is 9.59 Å². The van der Waals surface area contributed by atoms with Crippen molar-refractivity contribution in [2.45, 2.75) is 39.0 Å². The largest absolute Gasteiger partial charge is 0.337 e. The van der Waals surface area contributed by atoms with Crippen molar-refractivity contribution in [1.82, 2.24) is 9.88 Å². The average molecular weight is 351 g/mol. The number of pyridine rings is 1. The molecule has 0 radical (unpaired) electrons. The zero-order chi connectivity index (χ0) is 18.5. The number of benzene rings is 1. The first-order valence-corrected chi connectivity index (χ1v) is 9.22. The number of likely N-dealkylation sites (tertiary alicyclic amines) is 1. The van der Waals surface area contributed by atoms with Gasteiger partial charge in [0, 0.05) is 30.5 Å². The van der Waals surface area contributed by atoms with E-state index >= 15 is 0 Å². The molecule has 1 N–H and O–H groups in total. The van der Waals surface area contributed by atoms with Crippen LogP contribution < -0.4 is 5.32 Å². The third kappa shape index (κ3) is 4.10. The number of hydrogen-bond acceptors (Lipinski definition) is 3. The predicted octanol–water partition coefficient (Wildman–Crippen LogP) is 4.08. The molecule has 2 aromatic rings. The van der Waals surface area contributed by atoms with Crippen LogP contribution in [0.5, 0.6) is 0 Å². The molecule has 1 aromatic heterocycles. The Labute approximate surface area is 154 Å². The van der Waals surface area contributed by atoms with Crippen LogP contribution in [0.4, 0.5) is 5.69 Å². The molecule has 1 aliphatic heterocycles. The molecule has 3 rings (SSSR count). The first-order chi connectivity index (χ1) is 12.6. The molecule has 0 saturated carbocycles. The Morgan fingerprint density at radius 1 is 1.08 bits per heavy atom. The van der Waals surface area contributed by atoms with E-state index in [1.165, 1.54) is 6.20 Å². The molecular formula is C21H25N3O2. The van der Waals surface area contributed by atoms with Crippen LogP contribution in [0, 0.1) is 0 Å². The lowest BCUT2D eigenvalue weighted by Gasteiger charge is -2.26. The fourth-order valence-corrected chi connectivity index (χ4v) is 3.26. The first kappa shape index (κ1) is 18.1. The summed E-state index contributed by atoms with van der Waals surface area (Å²) in [5.41, 5.74) is 2.66. The normalized spacial score (nSPS) is 14.3. The number of nitrogens with zero attached hydrogens (tertiary/aromatic N) is 2. The van der Waals surface area contributed by atoms with Crippen LogP contribution in [0.25, 0.3) is 0 Å². The maximum absolute atomic E-state index is 12.7. The van der Waals surface area contributed by atoms with E-state index in [4.69, 9.17) is 0 Å². The molecule has 136 valence electrons. The molecule has 1 aromatic carbocycles. The van der Waals surface area contributed by atoms with Gasteiger partial charge in [-0.1, -0.05) is 32.0 Å². The van der Waals surface area contributed by atoms with E-state index in [2.05, 4.69) is 24.1 Å². The monoisotopic (exact) mass is 351 g/mol. The summed E-state index contributed by atoms with van der Waals surface area (Å²) < 4.78 is 0. The fourth-order valence-electron chi connectivity index (χ4n) is 3.26. The molecule has 1 saturated heterocycles. The maximum Gasteiger partial charge on any atom is 0.272 e. The van der Waals surface area contributed by atoms with Gasteiger partial charge in [-0.3, -0.25) is 14.6 Å². The van der Waals surface area contributed by atoms with Gasteiger partial charge in [-0.15, -0.1) is 0 Å². The van der Waals surface area contributed by atoms with E-state index in [0.717, 1.165) is 43.6 Å². The van der Waals surface area contributed by atoms with Crippen LogP contribution in [-0.4, -0.2) is 34.8 Å². The molecule has 1 aliphatic rings. The van der Waals surface area contributed by atoms with Gasteiger partial charge < -0.3 is 10.2 Å². The summed E-state index contributed by atoms with van der Waals surface area (Å²) in [5.74, 6) is -0.0182. The number of carbonyl (C=O) groups excluding carboxylic acids is 2. The highest BCUT2D eigenvalue weighted by molar-refractivity contribution is 6.06. The van der Waals surface area contributed by atoms with Gasteiger partial charge in [0.2, 0.25) is 0 Å². The lowest BCUT2D eigenvalue weighted by atomic mass is 10.0. The molecule has 0 unspecified atom stereocenters. The smallest absolute Gasteiger partial charge is 0.272 e. The minimum absolute atomic E-state index is 0.0954. The Hall–Kier alpha value is -2.69. The van der Waals surface area contributed by atoms with Crippen molar-refractivity contribution in [2.75, 3.05) is 18.4 Å². The van der Waals surface area contributed by atoms with Crippen molar-refractivity contribution < 1.29 is 9.59 Å². The molecule has 1 fully saturated rings. The highest BCUT2D eigenvalue weighted by Gasteiger charge is 2.20. The fraction of sp³-hybridized carbons (Fsp3) is 0.381. The predicted molar refractivity (Wildman–Crippen MR) is 102 cm³/mol. The Morgan fingerprint density at radius 2 is 1.81 bits per heavy atom. The van der Waals surface area contributed by atoms with E-state index < -0.39 is 0 Å². The van der Waals surface area contributed by atoms with Gasteiger partial charge in [-0.25, -0.2) is 0 Å². The van der Waals surface area contributed by atoms with Gasteiger partial charge >= 0.3 is 0 Å². The standard InChI is InChI=1S/C21H25N3O2/c1-15(2)17-8-4-5-9-18(17)23-20(25)16-10-11-22-19(14-16)21(26)24-12-6-3-7-13-24/h4-5,8-11,14-15H,3,6-7,12-13H2,1-2H3,(H,23,25). The molecule has 2 heterocycles. The summed E-state index contributed by atoms with van der Waals surface area (Å²) in [5, 5.41) is 2.96. The van der Waals surface area contributed by atoms with Crippen molar-refractivity contribution in [3.63, 3.8) is 0 Å². The Morgan fingerprint density at radius 3 is 2.54 bits per heavy atom. The number of aromatic nitrogens is 1. The van der Waals surface area contributed by atoms with Crippen LogP contribution >= 0.6 is 0 Å². The van der Waals surface area contributed by atoms with E-state index in [1.54, 1.807) is 12.1 Å². The Bertz CT molecular complexity index is 795. The van der Waals surface area contributed by atoms with Crippen molar-refractivity contribution in [2.24, 2.45) is 0 Å². The van der Waals surface area contributed by atoms with Crippen LogP contribution in [0.1, 0.15) is 65.4 Å². The van der Waals surface area contributed by atoms with Crippen molar-refractivity contribution in [3.8, 4) is 0 Å². The lowest BCUT2D eigenvalue weighted by molar-refractivity contribution is 0.0718. The van der Waals surface area contributed by atoms with Gasteiger partial charge in [0.15, 0.2) is 0 Å². The van der Waals surface area contributed by atoms with Gasteiger partial charge in [0.05, 0.1) is 0 Å². The summed E-state index contributed by atoms with van der Waals surface area (Å²) in [6, 6.07) is 11.0. The minimum atomic E-state index is -0.229. The first-order valence-electron chi connectivity index (χ1n) is 9.22. The number of anilines is 1. The molecule has 0 bridgehead atoms. The molecule has 0 atom stereocenters. The van der Waals surface area contributed by atoms with Crippen LogP contribution in [0.3, 0.4) is 0 Å². The zero-order valence-electron chi connectivity index (χ0n) is 15.4. The second-order valence-corrected chi connectivity index (χ2v) is 6.98. The number of nitrogens with one attached hydrogen (secondary N) is 1. The second-order valence-electron chi connectivity index (χ2n) is 6.98. The number of para-hydroxylation sites is 1. The van der Waals surface area contributed by atoms with E-state index in [1.807, 2.05) is 29.2 Å². The van der Waals surface area contributed by atoms with Gasteiger partial charge in [-0.2, -0.15) is 0 Å². The Kier molecular flexibility index (Phi) is 5.66. The molecule has 0 spiro atoms. The molecule has 5 heteroatoms. The number of piperidine rings is 1. The topological polar surface area (TPSA) is 62.3 Å². The van der Waals surface area contributed by atoms with Crippen molar-refractivity contribution in [3.05, 3.63) is 59.4 Å². The van der Waals surface area contributed by atoms with Crippen molar-refractivity contribution >= 4 is 17.5 Å². The number of amides is 2. The summed E-state index contributed by atoms with van der Waals surface area (Å²) in [6.07, 6.45) is 4.74. The molecule has 2 amide bonds. The maximum atomic E-state index is 12.7. The molecule has 5 nitrogen and oxygen atoms in total. The molecule has 26 heavy (non-hydrogen) atoms. The summed E-state index contributed by atoms with van der Waals surface area (Å²) in [4.78, 5) is 31.3. The summed E-state index contributed by atoms with van der Waals surface area (Å²) >= 11 is 0. The number of carbonyl (C=O) groups is 2. The van der Waals surface area contributed by atoms with Gasteiger partial charge in [0.1, 0.15) is 5.69 Å². The third-order valence-electron chi connectivity index (χ3n) is 4.72. The van der Waals surface area contributed by atoms with Crippen molar-refractivity contribution in [1.29, 1.82) is 0 Å². The lowest BCUT2D eigenvalue weighted by Crippen LogP contribution is -2.36. The summed E-state index contributed by atoms with van der Waals surface area (Å²) in [7, 11) is 0. The minimum Gasteiger partial charge on any atom is -0.337 e. The second kappa shape index (κ2) is 8.13. The van der Waals surface area contributed by atoms with E-state index in [0.29, 0.717) is 17.2 Å².